The summed E-state index contributed by atoms with van der Waals surface area (Å²) in [7, 11) is 0. The van der Waals surface area contributed by atoms with Crippen LogP contribution in [-0.2, 0) is 4.74 Å². The minimum atomic E-state index is -0.248. The Kier molecular flexibility index (Phi) is 6.85. The monoisotopic (exact) mass is 542 g/mol. The van der Waals surface area contributed by atoms with Crippen molar-refractivity contribution in [2.24, 2.45) is 0 Å². The third kappa shape index (κ3) is 5.42. The smallest absolute Gasteiger partial charge is 0.255 e. The molecular formula is C26H23ClN10O2. The summed E-state index contributed by atoms with van der Waals surface area (Å²) in [6.07, 6.45) is 5.07. The fourth-order valence-electron chi connectivity index (χ4n) is 4.14. The number of hydrogen-bond acceptors (Lipinski definition) is 9. The number of rotatable bonds is 7. The van der Waals surface area contributed by atoms with E-state index in [4.69, 9.17) is 16.3 Å². The molecule has 0 spiro atoms. The number of ether oxygens (including phenoxy) is 1. The number of nitrogens with zero attached hydrogens (tertiary/aromatic N) is 8. The molecule has 2 aromatic carbocycles. The number of nitrogens with one attached hydrogen (secondary N) is 2. The molecule has 12 nitrogen and oxygen atoms in total. The molecule has 13 heteroatoms. The van der Waals surface area contributed by atoms with Gasteiger partial charge in [0, 0.05) is 18.7 Å². The number of benzene rings is 2. The lowest BCUT2D eigenvalue weighted by Crippen LogP contribution is -2.36. The maximum Gasteiger partial charge on any atom is 0.255 e. The first-order valence-electron chi connectivity index (χ1n) is 12.2. The van der Waals surface area contributed by atoms with E-state index in [-0.39, 0.29) is 5.91 Å². The Labute approximate surface area is 228 Å². The van der Waals surface area contributed by atoms with Crippen LogP contribution in [0.5, 0.6) is 0 Å². The summed E-state index contributed by atoms with van der Waals surface area (Å²) < 4.78 is 8.55. The van der Waals surface area contributed by atoms with E-state index in [1.54, 1.807) is 47.5 Å². The number of anilines is 4. The minimum absolute atomic E-state index is 0.248. The quantitative estimate of drug-likeness (QED) is 0.316. The average Bonchev–Trinajstić information content (AvgIpc) is 3.64. The van der Waals surface area contributed by atoms with Crippen molar-refractivity contribution in [2.45, 2.75) is 0 Å². The Balaban J connectivity index is 1.14. The summed E-state index contributed by atoms with van der Waals surface area (Å²) in [6.45, 7) is 2.97. The predicted molar refractivity (Wildman–Crippen MR) is 146 cm³/mol. The van der Waals surface area contributed by atoms with Gasteiger partial charge in [-0.25, -0.2) is 9.67 Å². The molecule has 0 atom stereocenters. The normalized spacial score (nSPS) is 13.3. The van der Waals surface area contributed by atoms with Crippen molar-refractivity contribution in [3.8, 4) is 11.4 Å². The van der Waals surface area contributed by atoms with Gasteiger partial charge in [0.25, 0.3) is 11.9 Å². The second-order valence-electron chi connectivity index (χ2n) is 8.67. The largest absolute Gasteiger partial charge is 0.378 e. The number of tetrazole rings is 1. The average molecular weight is 543 g/mol. The second-order valence-corrected chi connectivity index (χ2v) is 9.08. The van der Waals surface area contributed by atoms with Crippen LogP contribution in [0.1, 0.15) is 10.4 Å². The number of aromatic nitrogens is 7. The zero-order valence-electron chi connectivity index (χ0n) is 20.6. The molecule has 1 fully saturated rings. The van der Waals surface area contributed by atoms with E-state index in [2.05, 4.69) is 41.1 Å². The van der Waals surface area contributed by atoms with Crippen molar-refractivity contribution in [1.82, 2.24) is 35.0 Å². The van der Waals surface area contributed by atoms with Crippen molar-refractivity contribution in [3.05, 3.63) is 89.8 Å². The Hall–Kier alpha value is -4.81. The van der Waals surface area contributed by atoms with Crippen molar-refractivity contribution in [2.75, 3.05) is 41.8 Å². The van der Waals surface area contributed by atoms with Gasteiger partial charge in [-0.1, -0.05) is 34.9 Å². The van der Waals surface area contributed by atoms with Gasteiger partial charge in [0.15, 0.2) is 0 Å². The van der Waals surface area contributed by atoms with E-state index in [1.807, 2.05) is 36.4 Å². The molecule has 3 aromatic heterocycles. The van der Waals surface area contributed by atoms with Crippen molar-refractivity contribution < 1.29 is 9.53 Å². The number of para-hydroxylation sites is 1. The van der Waals surface area contributed by atoms with E-state index in [0.717, 1.165) is 18.9 Å². The lowest BCUT2D eigenvalue weighted by Gasteiger charge is -2.27. The number of pyridine rings is 1. The van der Waals surface area contributed by atoms with Gasteiger partial charge >= 0.3 is 0 Å². The highest BCUT2D eigenvalue weighted by Gasteiger charge is 2.15. The number of amides is 1. The Bertz CT molecular complexity index is 1590. The van der Waals surface area contributed by atoms with E-state index in [0.29, 0.717) is 52.5 Å². The first kappa shape index (κ1) is 24.5. The predicted octanol–water partition coefficient (Wildman–Crippen LogP) is 3.73. The van der Waals surface area contributed by atoms with Gasteiger partial charge in [0.1, 0.15) is 5.82 Å². The summed E-state index contributed by atoms with van der Waals surface area (Å²) >= 11 is 6.30. The molecule has 1 saturated heterocycles. The summed E-state index contributed by atoms with van der Waals surface area (Å²) in [5.41, 5.74) is 3.10. The van der Waals surface area contributed by atoms with Gasteiger partial charge in [0.05, 0.1) is 59.6 Å². The molecule has 39 heavy (non-hydrogen) atoms. The molecule has 0 saturated carbocycles. The van der Waals surface area contributed by atoms with E-state index >= 15 is 0 Å². The third-order valence-electron chi connectivity index (χ3n) is 6.10. The van der Waals surface area contributed by atoms with Crippen LogP contribution >= 0.6 is 11.6 Å². The van der Waals surface area contributed by atoms with Gasteiger partial charge in [-0.3, -0.25) is 4.79 Å². The lowest BCUT2D eigenvalue weighted by molar-refractivity contribution is 0.102. The van der Waals surface area contributed by atoms with Crippen molar-refractivity contribution in [1.29, 1.82) is 0 Å². The fourth-order valence-corrected chi connectivity index (χ4v) is 4.36. The van der Waals surface area contributed by atoms with Crippen LogP contribution in [-0.4, -0.2) is 67.2 Å². The molecule has 1 amide bonds. The zero-order valence-corrected chi connectivity index (χ0v) is 21.4. The van der Waals surface area contributed by atoms with Gasteiger partial charge in [-0.2, -0.15) is 9.78 Å². The standard InChI is InChI=1S/C26H23ClN10O2/c27-22-6-1-2-7-23(22)37-26(32-33-34-37)31-20-16-29-36(17-20)21-5-3-4-18(14-21)25(38)30-19-8-9-24(28-15-19)35-10-12-39-13-11-35/h1-9,14-17H,10-13H2,(H,30,38)(H,31,32,34). The van der Waals surface area contributed by atoms with Crippen LogP contribution in [0, 0.1) is 0 Å². The topological polar surface area (TPSA) is 128 Å². The highest BCUT2D eigenvalue weighted by atomic mass is 35.5. The Morgan fingerprint density at radius 2 is 1.85 bits per heavy atom. The van der Waals surface area contributed by atoms with E-state index in [9.17, 15) is 4.79 Å². The Morgan fingerprint density at radius 3 is 2.67 bits per heavy atom. The molecule has 2 N–H and O–H groups in total. The third-order valence-corrected chi connectivity index (χ3v) is 6.42. The van der Waals surface area contributed by atoms with Crippen LogP contribution in [0.15, 0.2) is 79.3 Å². The zero-order chi connectivity index (χ0) is 26.6. The summed E-state index contributed by atoms with van der Waals surface area (Å²) in [5, 5.41) is 22.8. The van der Waals surface area contributed by atoms with Crippen LogP contribution in [0.2, 0.25) is 5.02 Å². The molecule has 1 aliphatic heterocycles. The number of hydrogen-bond donors (Lipinski definition) is 2. The van der Waals surface area contributed by atoms with Crippen LogP contribution in [0.4, 0.5) is 23.1 Å². The molecular weight excluding hydrogens is 520 g/mol. The molecule has 0 radical (unpaired) electrons. The first-order valence-corrected chi connectivity index (χ1v) is 12.6. The second kappa shape index (κ2) is 10.9. The molecule has 0 bridgehead atoms. The van der Waals surface area contributed by atoms with Gasteiger partial charge in [0.2, 0.25) is 0 Å². The molecule has 0 unspecified atom stereocenters. The van der Waals surface area contributed by atoms with Gasteiger partial charge in [-0.15, -0.1) is 0 Å². The number of morpholine rings is 1. The van der Waals surface area contributed by atoms with Crippen LogP contribution in [0.25, 0.3) is 11.4 Å². The molecule has 6 rings (SSSR count). The van der Waals surface area contributed by atoms with E-state index < -0.39 is 0 Å². The van der Waals surface area contributed by atoms with Crippen LogP contribution < -0.4 is 15.5 Å². The van der Waals surface area contributed by atoms with Gasteiger partial charge < -0.3 is 20.3 Å². The van der Waals surface area contributed by atoms with Crippen LogP contribution in [0.3, 0.4) is 0 Å². The molecule has 1 aliphatic rings. The van der Waals surface area contributed by atoms with Gasteiger partial charge in [-0.05, 0) is 52.9 Å². The number of halogens is 1. The van der Waals surface area contributed by atoms with E-state index in [1.165, 1.54) is 4.68 Å². The lowest BCUT2D eigenvalue weighted by atomic mass is 10.2. The summed E-state index contributed by atoms with van der Waals surface area (Å²) in [5.74, 6) is 0.994. The fraction of sp³-hybridized carbons (Fsp3) is 0.154. The molecule has 0 aliphatic carbocycles. The van der Waals surface area contributed by atoms with Crippen molar-refractivity contribution >= 4 is 40.6 Å². The molecule has 5 aromatic rings. The first-order chi connectivity index (χ1) is 19.1. The maximum atomic E-state index is 13.0. The number of carbonyl (C=O) groups is 1. The SMILES string of the molecule is O=C(Nc1ccc(N2CCOCC2)nc1)c1cccc(-n2cc(Nc3nnnn3-c3ccccc3Cl)cn2)c1. The van der Waals surface area contributed by atoms with Crippen molar-refractivity contribution in [3.63, 3.8) is 0 Å². The molecule has 196 valence electrons. The highest BCUT2D eigenvalue weighted by Crippen LogP contribution is 2.23. The molecule has 4 heterocycles. The number of carbonyl (C=O) groups excluding carboxylic acids is 1. The summed E-state index contributed by atoms with van der Waals surface area (Å²) in [4.78, 5) is 19.6. The summed E-state index contributed by atoms with van der Waals surface area (Å²) in [6, 6.07) is 18.2. The minimum Gasteiger partial charge on any atom is -0.378 e. The Morgan fingerprint density at radius 1 is 0.974 bits per heavy atom. The maximum absolute atomic E-state index is 13.0. The highest BCUT2D eigenvalue weighted by molar-refractivity contribution is 6.32.